The lowest BCUT2D eigenvalue weighted by Gasteiger charge is -2.22. The maximum absolute atomic E-state index is 13.2. The average molecular weight is 528 g/mol. The second-order valence-electron chi connectivity index (χ2n) is 11.0. The number of carboxylic acids is 1. The van der Waals surface area contributed by atoms with E-state index in [9.17, 15) is 19.5 Å². The van der Waals surface area contributed by atoms with Crippen LogP contribution >= 0.6 is 0 Å². The van der Waals surface area contributed by atoms with Crippen LogP contribution in [0.2, 0.25) is 0 Å². The summed E-state index contributed by atoms with van der Waals surface area (Å²) in [6.45, 7) is 6.07. The molecular formula is C31H49N3O4. The summed E-state index contributed by atoms with van der Waals surface area (Å²) in [5.74, 6) is -1.59. The van der Waals surface area contributed by atoms with Gasteiger partial charge in [0.2, 0.25) is 11.8 Å². The van der Waals surface area contributed by atoms with Gasteiger partial charge in [0.1, 0.15) is 12.1 Å². The van der Waals surface area contributed by atoms with E-state index in [2.05, 4.69) is 22.5 Å². The highest BCUT2D eigenvalue weighted by Gasteiger charge is 2.28. The fourth-order valence-electron chi connectivity index (χ4n) is 4.91. The summed E-state index contributed by atoms with van der Waals surface area (Å²) in [5, 5.41) is 16.1. The number of benzene rings is 1. The number of para-hydroxylation sites is 1. The molecule has 7 heteroatoms. The molecule has 4 N–H and O–H groups in total. The van der Waals surface area contributed by atoms with Gasteiger partial charge >= 0.3 is 5.97 Å². The summed E-state index contributed by atoms with van der Waals surface area (Å²) in [5.41, 5.74) is 1.86. The standard InChI is InChI=1S/C31H49N3O4/c1-4-5-6-7-8-9-10-11-12-13-14-19-29(35)33-27(30(36)34-28(31(37)38)20-23(2)3)21-24-22-32-26-18-16-15-17-25(24)26/h15-18,22-23,27-28,32H,4-14,19-21H2,1-3H3,(H,33,35)(H,34,36)(H,37,38)/t27-,28-/m0/s1. The highest BCUT2D eigenvalue weighted by atomic mass is 16.4. The van der Waals surface area contributed by atoms with E-state index in [1.54, 1.807) is 0 Å². The molecule has 0 radical (unpaired) electrons. The molecule has 2 atom stereocenters. The van der Waals surface area contributed by atoms with E-state index in [0.29, 0.717) is 12.8 Å². The predicted molar refractivity (Wildman–Crippen MR) is 154 cm³/mol. The van der Waals surface area contributed by atoms with Crippen molar-refractivity contribution in [1.82, 2.24) is 15.6 Å². The minimum Gasteiger partial charge on any atom is -0.480 e. The van der Waals surface area contributed by atoms with Gasteiger partial charge in [-0.25, -0.2) is 4.79 Å². The normalized spacial score (nSPS) is 12.9. The Morgan fingerprint density at radius 2 is 1.45 bits per heavy atom. The van der Waals surface area contributed by atoms with E-state index in [1.165, 1.54) is 51.4 Å². The molecule has 0 aliphatic carbocycles. The van der Waals surface area contributed by atoms with Crippen LogP contribution in [0.1, 0.15) is 110 Å². The molecular weight excluding hydrogens is 478 g/mol. The second kappa shape index (κ2) is 17.6. The quantitative estimate of drug-likeness (QED) is 0.147. The summed E-state index contributed by atoms with van der Waals surface area (Å²) < 4.78 is 0. The van der Waals surface area contributed by atoms with Crippen LogP contribution in [-0.4, -0.2) is 40.0 Å². The first-order chi connectivity index (χ1) is 18.3. The van der Waals surface area contributed by atoms with E-state index in [-0.39, 0.29) is 18.2 Å². The number of hydrogen-bond donors (Lipinski definition) is 4. The van der Waals surface area contributed by atoms with Gasteiger partial charge in [0.25, 0.3) is 0 Å². The molecule has 0 aliphatic heterocycles. The Kier molecular flexibility index (Phi) is 14.6. The molecule has 0 fully saturated rings. The maximum atomic E-state index is 13.2. The Labute approximate surface area is 228 Å². The molecule has 0 spiro atoms. The molecule has 0 saturated heterocycles. The van der Waals surface area contributed by atoms with Gasteiger partial charge in [-0.3, -0.25) is 9.59 Å². The van der Waals surface area contributed by atoms with Crippen molar-refractivity contribution in [2.45, 2.75) is 123 Å². The number of carboxylic acid groups (broad SMARTS) is 1. The van der Waals surface area contributed by atoms with Crippen LogP contribution in [0.25, 0.3) is 10.9 Å². The van der Waals surface area contributed by atoms with E-state index in [1.807, 2.05) is 44.3 Å². The number of unbranched alkanes of at least 4 members (excludes halogenated alkanes) is 10. The number of nitrogens with one attached hydrogen (secondary N) is 3. The largest absolute Gasteiger partial charge is 0.480 e. The maximum Gasteiger partial charge on any atom is 0.326 e. The van der Waals surface area contributed by atoms with Crippen molar-refractivity contribution in [3.8, 4) is 0 Å². The fourth-order valence-corrected chi connectivity index (χ4v) is 4.91. The monoisotopic (exact) mass is 527 g/mol. The van der Waals surface area contributed by atoms with Crippen LogP contribution in [0, 0.1) is 5.92 Å². The Balaban J connectivity index is 1.87. The van der Waals surface area contributed by atoms with Crippen LogP contribution in [0.3, 0.4) is 0 Å². The Morgan fingerprint density at radius 1 is 0.842 bits per heavy atom. The number of carbonyl (C=O) groups is 3. The van der Waals surface area contributed by atoms with Crippen molar-refractivity contribution in [3.05, 3.63) is 36.0 Å². The Bertz CT molecular complexity index is 984. The Hall–Kier alpha value is -2.83. The zero-order valence-electron chi connectivity index (χ0n) is 23.7. The van der Waals surface area contributed by atoms with Gasteiger partial charge in [-0.05, 0) is 30.4 Å². The summed E-state index contributed by atoms with van der Waals surface area (Å²) in [6.07, 6.45) is 16.1. The first kappa shape index (κ1) is 31.4. The average Bonchev–Trinajstić information content (AvgIpc) is 3.29. The van der Waals surface area contributed by atoms with Crippen molar-refractivity contribution in [1.29, 1.82) is 0 Å². The molecule has 0 unspecified atom stereocenters. The van der Waals surface area contributed by atoms with E-state index < -0.39 is 24.0 Å². The number of rotatable bonds is 20. The lowest BCUT2D eigenvalue weighted by Crippen LogP contribution is -2.52. The van der Waals surface area contributed by atoms with Crippen LogP contribution in [0.15, 0.2) is 30.5 Å². The number of H-pyrrole nitrogens is 1. The topological polar surface area (TPSA) is 111 Å². The highest BCUT2D eigenvalue weighted by molar-refractivity contribution is 5.91. The third kappa shape index (κ3) is 11.7. The van der Waals surface area contributed by atoms with Gasteiger partial charge in [-0.2, -0.15) is 0 Å². The van der Waals surface area contributed by atoms with Crippen LogP contribution in [0.4, 0.5) is 0 Å². The molecule has 2 aromatic rings. The number of aliphatic carboxylic acids is 1. The van der Waals surface area contributed by atoms with Crippen LogP contribution < -0.4 is 10.6 Å². The van der Waals surface area contributed by atoms with Gasteiger partial charge < -0.3 is 20.7 Å². The summed E-state index contributed by atoms with van der Waals surface area (Å²) in [4.78, 5) is 40.9. The fraction of sp³-hybridized carbons (Fsp3) is 0.645. The van der Waals surface area contributed by atoms with Crippen molar-refractivity contribution in [2.75, 3.05) is 0 Å². The van der Waals surface area contributed by atoms with Crippen molar-refractivity contribution in [2.24, 2.45) is 5.92 Å². The molecule has 0 saturated carbocycles. The van der Waals surface area contributed by atoms with Gasteiger partial charge in [0.15, 0.2) is 0 Å². The number of carbonyl (C=O) groups excluding carboxylic acids is 2. The number of aromatic nitrogens is 1. The number of amides is 2. The molecule has 1 aromatic heterocycles. The third-order valence-corrected chi connectivity index (χ3v) is 7.08. The lowest BCUT2D eigenvalue weighted by molar-refractivity contribution is -0.142. The number of fused-ring (bicyclic) bond motifs is 1. The second-order valence-corrected chi connectivity index (χ2v) is 11.0. The summed E-state index contributed by atoms with van der Waals surface area (Å²) >= 11 is 0. The Morgan fingerprint density at radius 3 is 2.05 bits per heavy atom. The molecule has 1 aromatic carbocycles. The molecule has 38 heavy (non-hydrogen) atoms. The molecule has 212 valence electrons. The molecule has 0 bridgehead atoms. The number of hydrogen-bond acceptors (Lipinski definition) is 3. The molecule has 2 rings (SSSR count). The first-order valence-corrected chi connectivity index (χ1v) is 14.7. The number of aromatic amines is 1. The van der Waals surface area contributed by atoms with Crippen molar-refractivity contribution >= 4 is 28.7 Å². The van der Waals surface area contributed by atoms with Crippen LogP contribution in [0.5, 0.6) is 0 Å². The SMILES string of the molecule is CCCCCCCCCCCCCC(=O)N[C@@H](Cc1c[nH]c2ccccc12)C(=O)N[C@@H](CC(C)C)C(=O)O. The highest BCUT2D eigenvalue weighted by Crippen LogP contribution is 2.20. The molecule has 1 heterocycles. The van der Waals surface area contributed by atoms with Gasteiger partial charge in [-0.15, -0.1) is 0 Å². The smallest absolute Gasteiger partial charge is 0.326 e. The summed E-state index contributed by atoms with van der Waals surface area (Å²) in [6, 6.07) is 5.97. The van der Waals surface area contributed by atoms with Gasteiger partial charge in [-0.1, -0.05) is 103 Å². The van der Waals surface area contributed by atoms with E-state index >= 15 is 0 Å². The van der Waals surface area contributed by atoms with Gasteiger partial charge in [0, 0.05) is 29.9 Å². The zero-order valence-corrected chi connectivity index (χ0v) is 23.7. The minimum atomic E-state index is -1.06. The molecule has 0 aliphatic rings. The third-order valence-electron chi connectivity index (χ3n) is 7.08. The summed E-state index contributed by atoms with van der Waals surface area (Å²) in [7, 11) is 0. The predicted octanol–water partition coefficient (Wildman–Crippen LogP) is 6.51. The van der Waals surface area contributed by atoms with Crippen molar-refractivity contribution < 1.29 is 19.5 Å². The van der Waals surface area contributed by atoms with Crippen molar-refractivity contribution in [3.63, 3.8) is 0 Å². The van der Waals surface area contributed by atoms with Gasteiger partial charge in [0.05, 0.1) is 0 Å². The lowest BCUT2D eigenvalue weighted by atomic mass is 10.0. The first-order valence-electron chi connectivity index (χ1n) is 14.7. The van der Waals surface area contributed by atoms with E-state index in [0.717, 1.165) is 35.7 Å². The van der Waals surface area contributed by atoms with E-state index in [4.69, 9.17) is 0 Å². The molecule has 7 nitrogen and oxygen atoms in total. The van der Waals surface area contributed by atoms with Crippen LogP contribution in [-0.2, 0) is 20.8 Å². The minimum absolute atomic E-state index is 0.110. The molecule has 2 amide bonds. The zero-order chi connectivity index (χ0) is 27.8.